The number of aromatic nitrogens is 1. The normalized spacial score (nSPS) is 20.9. The van der Waals surface area contributed by atoms with Gasteiger partial charge in [-0.3, -0.25) is 9.78 Å². The Labute approximate surface area is 188 Å². The van der Waals surface area contributed by atoms with E-state index in [0.717, 1.165) is 42.1 Å². The summed E-state index contributed by atoms with van der Waals surface area (Å²) in [6, 6.07) is 14.4. The zero-order chi connectivity index (χ0) is 22.0. The van der Waals surface area contributed by atoms with E-state index in [9.17, 15) is 9.18 Å². The Morgan fingerprint density at radius 3 is 2.48 bits per heavy atom. The Kier molecular flexibility index (Phi) is 6.57. The van der Waals surface area contributed by atoms with Crippen molar-refractivity contribution in [3.63, 3.8) is 0 Å². The number of nitrogens with zero attached hydrogens (tertiary/aromatic N) is 1. The fourth-order valence-electron chi connectivity index (χ4n) is 4.82. The lowest BCUT2D eigenvalue weighted by Crippen LogP contribution is -2.36. The van der Waals surface area contributed by atoms with E-state index in [4.69, 9.17) is 11.6 Å². The highest BCUT2D eigenvalue weighted by Crippen LogP contribution is 2.40. The number of hydrogen-bond acceptors (Lipinski definition) is 2. The molecular weight excluding hydrogens is 411 g/mol. The lowest BCUT2D eigenvalue weighted by molar-refractivity contribution is -0.127. The molecule has 1 N–H and O–H groups in total. The Balaban J connectivity index is 1.38. The van der Waals surface area contributed by atoms with Crippen molar-refractivity contribution in [3.05, 3.63) is 76.7 Å². The van der Waals surface area contributed by atoms with Gasteiger partial charge in [-0.2, -0.15) is 0 Å². The molecule has 4 rings (SSSR count). The summed E-state index contributed by atoms with van der Waals surface area (Å²) < 4.78 is 13.8. The topological polar surface area (TPSA) is 42.0 Å². The number of fused-ring (bicyclic) bond motifs is 1. The van der Waals surface area contributed by atoms with Crippen LogP contribution in [0.1, 0.15) is 62.6 Å². The molecule has 1 fully saturated rings. The second kappa shape index (κ2) is 9.35. The average molecular weight is 439 g/mol. The van der Waals surface area contributed by atoms with Crippen LogP contribution in [0.3, 0.4) is 0 Å². The number of benzene rings is 2. The van der Waals surface area contributed by atoms with Crippen LogP contribution >= 0.6 is 11.6 Å². The molecule has 0 radical (unpaired) electrons. The maximum atomic E-state index is 13.8. The van der Waals surface area contributed by atoms with Crippen molar-refractivity contribution in [2.75, 3.05) is 0 Å². The first-order valence-electron chi connectivity index (χ1n) is 11.0. The van der Waals surface area contributed by atoms with Gasteiger partial charge in [-0.1, -0.05) is 30.7 Å². The molecule has 0 bridgehead atoms. The van der Waals surface area contributed by atoms with Crippen molar-refractivity contribution in [1.29, 1.82) is 0 Å². The molecule has 31 heavy (non-hydrogen) atoms. The summed E-state index contributed by atoms with van der Waals surface area (Å²) in [5, 5.41) is 4.76. The first-order valence-corrected chi connectivity index (χ1v) is 11.4. The first-order chi connectivity index (χ1) is 14.9. The van der Waals surface area contributed by atoms with Gasteiger partial charge in [0.05, 0.1) is 11.6 Å². The van der Waals surface area contributed by atoms with Gasteiger partial charge in [0.25, 0.3) is 0 Å². The van der Waals surface area contributed by atoms with Gasteiger partial charge < -0.3 is 5.32 Å². The molecule has 0 aliphatic heterocycles. The number of carbonyl (C=O) groups is 1. The minimum absolute atomic E-state index is 0.0395. The maximum Gasteiger partial charge on any atom is 0.223 e. The lowest BCUT2D eigenvalue weighted by atomic mass is 9.73. The van der Waals surface area contributed by atoms with E-state index < -0.39 is 0 Å². The van der Waals surface area contributed by atoms with Crippen molar-refractivity contribution in [1.82, 2.24) is 10.3 Å². The van der Waals surface area contributed by atoms with Crippen molar-refractivity contribution >= 4 is 28.4 Å². The third kappa shape index (κ3) is 4.90. The molecule has 1 saturated carbocycles. The minimum atomic E-state index is -0.226. The second-order valence-electron chi connectivity index (χ2n) is 8.74. The summed E-state index contributed by atoms with van der Waals surface area (Å²) in [5.41, 5.74) is 3.06. The summed E-state index contributed by atoms with van der Waals surface area (Å²) in [6.07, 6.45) is 5.81. The van der Waals surface area contributed by atoms with Gasteiger partial charge in [-0.25, -0.2) is 4.39 Å². The zero-order valence-electron chi connectivity index (χ0n) is 17.9. The van der Waals surface area contributed by atoms with E-state index in [2.05, 4.69) is 10.3 Å². The number of hydrogen-bond donors (Lipinski definition) is 1. The van der Waals surface area contributed by atoms with Gasteiger partial charge in [0, 0.05) is 22.5 Å². The zero-order valence-corrected chi connectivity index (χ0v) is 18.7. The molecule has 2 atom stereocenters. The molecule has 1 amide bonds. The van der Waals surface area contributed by atoms with E-state index in [1.54, 1.807) is 12.1 Å². The smallest absolute Gasteiger partial charge is 0.223 e. The number of nitrogens with one attached hydrogen (secondary N) is 1. The molecule has 5 heteroatoms. The van der Waals surface area contributed by atoms with Crippen LogP contribution in [-0.2, 0) is 4.79 Å². The highest BCUT2D eigenvalue weighted by atomic mass is 35.5. The van der Waals surface area contributed by atoms with Crippen LogP contribution in [0.5, 0.6) is 0 Å². The molecule has 2 aromatic carbocycles. The standard InChI is InChI=1S/C26H28ClFN2O/c1-16(26(31)30-17(2)19-7-9-21(27)10-8-19)18-3-5-20(6-4-18)23-13-14-29-25-12-11-22(28)15-24(23)25/h7-18,20H,3-6H2,1-2H3,(H,30,31)/t16-,17+,18?,20?/m1/s1. The number of pyridine rings is 1. The van der Waals surface area contributed by atoms with Crippen LogP contribution < -0.4 is 5.32 Å². The molecule has 0 spiro atoms. The first kappa shape index (κ1) is 21.8. The Hall–Kier alpha value is -2.46. The Morgan fingerprint density at radius 1 is 1.06 bits per heavy atom. The third-order valence-corrected chi connectivity index (χ3v) is 7.05. The van der Waals surface area contributed by atoms with Gasteiger partial charge in [-0.15, -0.1) is 0 Å². The van der Waals surface area contributed by atoms with Crippen molar-refractivity contribution in [2.24, 2.45) is 11.8 Å². The molecular formula is C26H28ClFN2O. The molecule has 1 heterocycles. The molecule has 1 aliphatic carbocycles. The van der Waals surface area contributed by atoms with Gasteiger partial charge in [0.2, 0.25) is 5.91 Å². The summed E-state index contributed by atoms with van der Waals surface area (Å²) in [4.78, 5) is 17.2. The third-order valence-electron chi connectivity index (χ3n) is 6.80. The summed E-state index contributed by atoms with van der Waals surface area (Å²) >= 11 is 5.96. The van der Waals surface area contributed by atoms with E-state index in [1.807, 2.05) is 50.4 Å². The maximum absolute atomic E-state index is 13.8. The average Bonchev–Trinajstić information content (AvgIpc) is 2.78. The second-order valence-corrected chi connectivity index (χ2v) is 9.18. The highest BCUT2D eigenvalue weighted by Gasteiger charge is 2.30. The van der Waals surface area contributed by atoms with Crippen LogP contribution in [0.4, 0.5) is 4.39 Å². The van der Waals surface area contributed by atoms with Crippen molar-refractivity contribution in [2.45, 2.75) is 51.5 Å². The van der Waals surface area contributed by atoms with Gasteiger partial charge in [0.1, 0.15) is 5.82 Å². The molecule has 162 valence electrons. The summed E-state index contributed by atoms with van der Waals surface area (Å²) in [5.74, 6) is 0.575. The molecule has 3 aromatic rings. The molecule has 0 unspecified atom stereocenters. The molecule has 3 nitrogen and oxygen atoms in total. The Bertz CT molecular complexity index is 1060. The monoisotopic (exact) mass is 438 g/mol. The molecule has 1 aromatic heterocycles. The largest absolute Gasteiger partial charge is 0.349 e. The number of amides is 1. The quantitative estimate of drug-likeness (QED) is 0.475. The SMILES string of the molecule is C[C@H](NC(=O)[C@H](C)C1CCC(c2ccnc3ccc(F)cc23)CC1)c1ccc(Cl)cc1. The molecule has 0 saturated heterocycles. The number of rotatable bonds is 5. The Morgan fingerprint density at radius 2 is 1.77 bits per heavy atom. The van der Waals surface area contributed by atoms with Crippen LogP contribution in [-0.4, -0.2) is 10.9 Å². The predicted octanol–water partition coefficient (Wildman–Crippen LogP) is 6.81. The van der Waals surface area contributed by atoms with E-state index in [0.29, 0.717) is 16.9 Å². The van der Waals surface area contributed by atoms with E-state index >= 15 is 0 Å². The van der Waals surface area contributed by atoms with Gasteiger partial charge >= 0.3 is 0 Å². The predicted molar refractivity (Wildman–Crippen MR) is 124 cm³/mol. The summed E-state index contributed by atoms with van der Waals surface area (Å²) in [7, 11) is 0. The fraction of sp³-hybridized carbons (Fsp3) is 0.385. The minimum Gasteiger partial charge on any atom is -0.349 e. The van der Waals surface area contributed by atoms with Crippen LogP contribution in [0.2, 0.25) is 5.02 Å². The lowest BCUT2D eigenvalue weighted by Gasteiger charge is -2.33. The number of halogens is 2. The van der Waals surface area contributed by atoms with Crippen molar-refractivity contribution in [3.8, 4) is 0 Å². The van der Waals surface area contributed by atoms with E-state index in [-0.39, 0.29) is 23.7 Å². The van der Waals surface area contributed by atoms with Gasteiger partial charge in [0.15, 0.2) is 0 Å². The highest BCUT2D eigenvalue weighted by molar-refractivity contribution is 6.30. The number of carbonyl (C=O) groups excluding carboxylic acids is 1. The molecule has 1 aliphatic rings. The van der Waals surface area contributed by atoms with Crippen LogP contribution in [0, 0.1) is 17.7 Å². The van der Waals surface area contributed by atoms with E-state index in [1.165, 1.54) is 11.6 Å². The van der Waals surface area contributed by atoms with Crippen LogP contribution in [0.15, 0.2) is 54.7 Å². The van der Waals surface area contributed by atoms with Gasteiger partial charge in [-0.05, 0) is 92.0 Å². The van der Waals surface area contributed by atoms with Crippen LogP contribution in [0.25, 0.3) is 10.9 Å². The van der Waals surface area contributed by atoms with Crippen molar-refractivity contribution < 1.29 is 9.18 Å². The summed E-state index contributed by atoms with van der Waals surface area (Å²) in [6.45, 7) is 4.03. The fourth-order valence-corrected chi connectivity index (χ4v) is 4.95.